The molecule has 3 aromatic rings. The molecule has 0 fully saturated rings. The lowest BCUT2D eigenvalue weighted by molar-refractivity contribution is 0.196. The fourth-order valence-electron chi connectivity index (χ4n) is 2.08. The Balaban J connectivity index is 2.22. The third-order valence-corrected chi connectivity index (χ3v) is 2.99. The van der Waals surface area contributed by atoms with E-state index in [1.54, 1.807) is 30.3 Å². The molecule has 3 rings (SSSR count). The lowest BCUT2D eigenvalue weighted by Gasteiger charge is -2.05. The van der Waals surface area contributed by atoms with Gasteiger partial charge in [0.25, 0.3) is 0 Å². The molecular formula is C13H10N4O3. The average Bonchev–Trinajstić information content (AvgIpc) is 3.04. The van der Waals surface area contributed by atoms with Crippen molar-refractivity contribution in [2.24, 2.45) is 5.73 Å². The number of nitrogens with two attached hydrogens (primary N) is 1. The Morgan fingerprint density at radius 2 is 1.90 bits per heavy atom. The van der Waals surface area contributed by atoms with Crippen molar-refractivity contribution >= 4 is 23.2 Å². The van der Waals surface area contributed by atoms with Crippen LogP contribution in [0.3, 0.4) is 0 Å². The Bertz CT molecular complexity index is 831. The van der Waals surface area contributed by atoms with Crippen LogP contribution in [0.2, 0.25) is 0 Å². The van der Waals surface area contributed by atoms with Gasteiger partial charge >= 0.3 is 12.1 Å². The number of aromatic nitrogens is 3. The first kappa shape index (κ1) is 12.0. The van der Waals surface area contributed by atoms with Crippen LogP contribution in [0.25, 0.3) is 22.4 Å². The summed E-state index contributed by atoms with van der Waals surface area (Å²) in [5.41, 5.74) is 6.53. The van der Waals surface area contributed by atoms with Gasteiger partial charge in [-0.05, 0) is 30.3 Å². The molecule has 0 radical (unpaired) electrons. The maximum Gasteiger partial charge on any atom is 0.416 e. The first-order chi connectivity index (χ1) is 9.58. The maximum absolute atomic E-state index is 11.3. The molecule has 0 unspecified atom stereocenters. The molecule has 0 aliphatic heterocycles. The summed E-state index contributed by atoms with van der Waals surface area (Å²) in [5, 5.41) is 9.84. The molecule has 0 atom stereocenters. The minimum atomic E-state index is -1.10. The van der Waals surface area contributed by atoms with Crippen molar-refractivity contribution in [3.63, 3.8) is 0 Å². The van der Waals surface area contributed by atoms with Gasteiger partial charge in [-0.1, -0.05) is 0 Å². The molecule has 0 aromatic carbocycles. The third kappa shape index (κ3) is 1.72. The van der Waals surface area contributed by atoms with Gasteiger partial charge in [0.15, 0.2) is 0 Å². The van der Waals surface area contributed by atoms with Gasteiger partial charge < -0.3 is 10.8 Å². The number of carboxylic acid groups (broad SMARTS) is 1. The number of amides is 1. The zero-order valence-electron chi connectivity index (χ0n) is 10.2. The summed E-state index contributed by atoms with van der Waals surface area (Å²) >= 11 is 0. The summed E-state index contributed by atoms with van der Waals surface area (Å²) in [5.74, 6) is 0. The minimum absolute atomic E-state index is 0.396. The van der Waals surface area contributed by atoms with Gasteiger partial charge in [-0.15, -0.1) is 0 Å². The first-order valence-corrected chi connectivity index (χ1v) is 5.77. The normalized spacial score (nSPS) is 10.8. The molecule has 100 valence electrons. The average molecular weight is 270 g/mol. The number of rotatable bonds is 1. The van der Waals surface area contributed by atoms with Crippen molar-refractivity contribution in [1.82, 2.24) is 14.1 Å². The second kappa shape index (κ2) is 4.23. The number of carbonyl (C=O) groups excluding carboxylic acids is 1. The molecule has 0 aliphatic carbocycles. The van der Waals surface area contributed by atoms with Crippen molar-refractivity contribution in [2.45, 2.75) is 0 Å². The first-order valence-electron chi connectivity index (χ1n) is 5.77. The fourth-order valence-corrected chi connectivity index (χ4v) is 2.08. The van der Waals surface area contributed by atoms with Crippen LogP contribution in [0.1, 0.15) is 0 Å². The van der Waals surface area contributed by atoms with E-state index in [4.69, 9.17) is 10.8 Å². The zero-order valence-corrected chi connectivity index (χ0v) is 10.2. The van der Waals surface area contributed by atoms with Crippen LogP contribution in [0.5, 0.6) is 0 Å². The van der Waals surface area contributed by atoms with Gasteiger partial charge in [0.05, 0.1) is 11.4 Å². The summed E-state index contributed by atoms with van der Waals surface area (Å²) in [6.45, 7) is 0. The van der Waals surface area contributed by atoms with Crippen molar-refractivity contribution in [2.75, 3.05) is 0 Å². The van der Waals surface area contributed by atoms with Crippen LogP contribution in [-0.2, 0) is 0 Å². The van der Waals surface area contributed by atoms with E-state index in [2.05, 4.69) is 4.98 Å². The number of fused-ring (bicyclic) bond motifs is 1. The Morgan fingerprint density at radius 3 is 2.60 bits per heavy atom. The third-order valence-electron chi connectivity index (χ3n) is 2.99. The van der Waals surface area contributed by atoms with Crippen LogP contribution in [0.4, 0.5) is 9.59 Å². The fraction of sp³-hybridized carbons (Fsp3) is 0. The van der Waals surface area contributed by atoms with Gasteiger partial charge in [-0.3, -0.25) is 9.13 Å². The van der Waals surface area contributed by atoms with Crippen molar-refractivity contribution in [1.29, 1.82) is 0 Å². The lowest BCUT2D eigenvalue weighted by atomic mass is 10.2. The van der Waals surface area contributed by atoms with E-state index in [1.807, 2.05) is 0 Å². The van der Waals surface area contributed by atoms with E-state index in [0.717, 1.165) is 9.95 Å². The topological polar surface area (TPSA) is 103 Å². The highest BCUT2D eigenvalue weighted by Gasteiger charge is 2.13. The summed E-state index contributed by atoms with van der Waals surface area (Å²) in [7, 11) is 0. The molecule has 20 heavy (non-hydrogen) atoms. The van der Waals surface area contributed by atoms with E-state index in [9.17, 15) is 9.59 Å². The standard InChI is InChI=1S/C13H10N4O3/c14-12(18)17-7-5-8-3-4-9(15-11(8)17)10-2-1-6-16(10)13(19)20/h1-7H,(H2,14,18)(H,19,20). The Labute approximate surface area is 112 Å². The van der Waals surface area contributed by atoms with Gasteiger partial charge in [0.1, 0.15) is 5.65 Å². The number of primary amides is 1. The molecule has 7 nitrogen and oxygen atoms in total. The van der Waals surface area contributed by atoms with Gasteiger partial charge in [0, 0.05) is 17.8 Å². The van der Waals surface area contributed by atoms with Crippen molar-refractivity contribution in [3.8, 4) is 11.4 Å². The number of pyridine rings is 1. The number of carbonyl (C=O) groups is 2. The van der Waals surface area contributed by atoms with Crippen molar-refractivity contribution < 1.29 is 14.7 Å². The smallest absolute Gasteiger partial charge is 0.416 e. The summed E-state index contributed by atoms with van der Waals surface area (Å²) in [6, 6.07) is 7.78. The molecule has 3 aromatic heterocycles. The Hall–Kier alpha value is -3.09. The largest absolute Gasteiger partial charge is 0.464 e. The molecule has 0 aliphatic rings. The summed E-state index contributed by atoms with van der Waals surface area (Å²) in [6.07, 6.45) is 1.86. The van der Waals surface area contributed by atoms with Gasteiger partial charge in [0.2, 0.25) is 0 Å². The second-order valence-electron chi connectivity index (χ2n) is 4.18. The zero-order chi connectivity index (χ0) is 14.3. The SMILES string of the molecule is NC(=O)n1ccc2ccc(-c3cccn3C(=O)O)nc21. The van der Waals surface area contributed by atoms with E-state index in [1.165, 1.54) is 17.0 Å². The molecule has 0 saturated heterocycles. The summed E-state index contributed by atoms with van der Waals surface area (Å²) in [4.78, 5) is 26.7. The number of nitrogens with zero attached hydrogens (tertiary/aromatic N) is 3. The highest BCUT2D eigenvalue weighted by atomic mass is 16.4. The highest BCUT2D eigenvalue weighted by Crippen LogP contribution is 2.22. The maximum atomic E-state index is 11.3. The minimum Gasteiger partial charge on any atom is -0.464 e. The van der Waals surface area contributed by atoms with Crippen LogP contribution >= 0.6 is 0 Å². The molecule has 3 heterocycles. The molecule has 3 N–H and O–H groups in total. The second-order valence-corrected chi connectivity index (χ2v) is 4.18. The Kier molecular flexibility index (Phi) is 2.53. The number of hydrogen-bond acceptors (Lipinski definition) is 3. The molecular weight excluding hydrogens is 260 g/mol. The van der Waals surface area contributed by atoms with Crippen LogP contribution in [-0.4, -0.2) is 31.3 Å². The van der Waals surface area contributed by atoms with Gasteiger partial charge in [-0.2, -0.15) is 0 Å². The monoisotopic (exact) mass is 270 g/mol. The molecule has 7 heteroatoms. The van der Waals surface area contributed by atoms with E-state index < -0.39 is 12.1 Å². The quantitative estimate of drug-likeness (QED) is 0.705. The molecule has 1 amide bonds. The van der Waals surface area contributed by atoms with Crippen LogP contribution in [0, 0.1) is 0 Å². The van der Waals surface area contributed by atoms with Crippen molar-refractivity contribution in [3.05, 3.63) is 42.7 Å². The van der Waals surface area contributed by atoms with Gasteiger partial charge in [-0.25, -0.2) is 14.6 Å². The van der Waals surface area contributed by atoms with Crippen LogP contribution < -0.4 is 5.73 Å². The van der Waals surface area contributed by atoms with E-state index in [-0.39, 0.29) is 0 Å². The van der Waals surface area contributed by atoms with Crippen LogP contribution in [0.15, 0.2) is 42.7 Å². The molecule has 0 saturated carbocycles. The predicted molar refractivity (Wildman–Crippen MR) is 71.6 cm³/mol. The predicted octanol–water partition coefficient (Wildman–Crippen LogP) is 1.96. The highest BCUT2D eigenvalue weighted by molar-refractivity contribution is 5.90. The Morgan fingerprint density at radius 1 is 1.10 bits per heavy atom. The van der Waals surface area contributed by atoms with E-state index >= 15 is 0 Å². The lowest BCUT2D eigenvalue weighted by Crippen LogP contribution is -2.18. The number of hydrogen-bond donors (Lipinski definition) is 2. The summed E-state index contributed by atoms with van der Waals surface area (Å²) < 4.78 is 2.28. The molecule has 0 bridgehead atoms. The van der Waals surface area contributed by atoms with E-state index in [0.29, 0.717) is 17.0 Å². The molecule has 0 spiro atoms.